The fourth-order valence-electron chi connectivity index (χ4n) is 2.33. The smallest absolute Gasteiger partial charge is 0.339 e. The van der Waals surface area contributed by atoms with Crippen LogP contribution >= 0.6 is 0 Å². The lowest BCUT2D eigenvalue weighted by Crippen LogP contribution is -2.17. The van der Waals surface area contributed by atoms with E-state index >= 15 is 0 Å². The molecule has 0 amide bonds. The Kier molecular flexibility index (Phi) is 5.93. The molecule has 140 valence electrons. The van der Waals surface area contributed by atoms with Crippen LogP contribution in [0.3, 0.4) is 0 Å². The van der Waals surface area contributed by atoms with Crippen LogP contribution in [0, 0.1) is 0 Å². The summed E-state index contributed by atoms with van der Waals surface area (Å²) in [5.74, 6) is 0.139. The topological polar surface area (TPSA) is 100 Å². The van der Waals surface area contributed by atoms with E-state index in [0.717, 1.165) is 0 Å². The molecule has 0 saturated heterocycles. The second kappa shape index (κ2) is 7.96. The highest BCUT2D eigenvalue weighted by molar-refractivity contribution is 7.92. The molecule has 0 aliphatic rings. The molecule has 8 nitrogen and oxygen atoms in total. The van der Waals surface area contributed by atoms with Crippen LogP contribution < -0.4 is 18.9 Å². The van der Waals surface area contributed by atoms with Crippen molar-refractivity contribution in [1.29, 1.82) is 0 Å². The first-order chi connectivity index (χ1) is 12.4. The van der Waals surface area contributed by atoms with Gasteiger partial charge in [0, 0.05) is 12.1 Å². The number of sulfonamides is 1. The van der Waals surface area contributed by atoms with E-state index in [-0.39, 0.29) is 27.6 Å². The number of esters is 1. The molecule has 0 bridgehead atoms. The molecule has 0 radical (unpaired) electrons. The van der Waals surface area contributed by atoms with E-state index in [1.165, 1.54) is 58.8 Å². The molecule has 1 N–H and O–H groups in total. The third-order valence-corrected chi connectivity index (χ3v) is 4.94. The minimum atomic E-state index is -4.07. The van der Waals surface area contributed by atoms with Gasteiger partial charge in [-0.2, -0.15) is 0 Å². The summed E-state index contributed by atoms with van der Waals surface area (Å²) in [5.41, 5.74) is 0.106. The van der Waals surface area contributed by atoms with Crippen LogP contribution in [-0.4, -0.2) is 42.8 Å². The second-order valence-electron chi connectivity index (χ2n) is 5.01. The van der Waals surface area contributed by atoms with Gasteiger partial charge in [0.05, 0.1) is 39.7 Å². The van der Waals surface area contributed by atoms with Gasteiger partial charge in [0.25, 0.3) is 10.0 Å². The molecular weight excluding hydrogens is 362 g/mol. The third-order valence-electron chi connectivity index (χ3n) is 3.50. The number of carbonyl (C=O) groups is 1. The standard InChI is InChI=1S/C17H19NO7S/c1-22-13-9-11(10-14(23-2)16(13)24-3)18-26(20,21)15-8-6-5-7-12(15)17(19)25-4/h5-10,18H,1-4H3. The van der Waals surface area contributed by atoms with Crippen LogP contribution in [0.4, 0.5) is 5.69 Å². The molecule has 0 spiro atoms. The molecule has 0 atom stereocenters. The summed E-state index contributed by atoms with van der Waals surface area (Å²) in [7, 11) is 1.39. The van der Waals surface area contributed by atoms with E-state index in [1.54, 1.807) is 6.07 Å². The molecule has 2 aromatic carbocycles. The summed E-state index contributed by atoms with van der Waals surface area (Å²) < 4.78 is 48.2. The molecule has 2 aromatic rings. The zero-order valence-corrected chi connectivity index (χ0v) is 15.5. The average molecular weight is 381 g/mol. The van der Waals surface area contributed by atoms with Crippen molar-refractivity contribution >= 4 is 21.7 Å². The highest BCUT2D eigenvalue weighted by atomic mass is 32.2. The van der Waals surface area contributed by atoms with Crippen LogP contribution in [-0.2, 0) is 14.8 Å². The normalized spacial score (nSPS) is 10.8. The lowest BCUT2D eigenvalue weighted by Gasteiger charge is -2.16. The Morgan fingerprint density at radius 3 is 2.00 bits per heavy atom. The fraction of sp³-hybridized carbons (Fsp3) is 0.235. The second-order valence-corrected chi connectivity index (χ2v) is 6.66. The van der Waals surface area contributed by atoms with Gasteiger partial charge in [0.15, 0.2) is 11.5 Å². The van der Waals surface area contributed by atoms with Gasteiger partial charge in [-0.3, -0.25) is 4.72 Å². The largest absolute Gasteiger partial charge is 0.493 e. The molecule has 0 aromatic heterocycles. The molecular formula is C17H19NO7S. The molecule has 0 aliphatic heterocycles. The Hall–Kier alpha value is -2.94. The van der Waals surface area contributed by atoms with E-state index in [4.69, 9.17) is 14.2 Å². The number of benzene rings is 2. The number of methoxy groups -OCH3 is 4. The summed E-state index contributed by atoms with van der Waals surface area (Å²) in [6, 6.07) is 8.63. The monoisotopic (exact) mass is 381 g/mol. The van der Waals surface area contributed by atoms with Gasteiger partial charge in [-0.15, -0.1) is 0 Å². The molecule has 0 heterocycles. The Labute approximate surface area is 151 Å². The van der Waals surface area contributed by atoms with E-state index in [0.29, 0.717) is 5.75 Å². The Morgan fingerprint density at radius 1 is 0.923 bits per heavy atom. The maximum absolute atomic E-state index is 12.8. The molecule has 9 heteroatoms. The maximum atomic E-state index is 12.8. The van der Waals surface area contributed by atoms with Crippen molar-refractivity contribution in [1.82, 2.24) is 0 Å². The lowest BCUT2D eigenvalue weighted by atomic mass is 10.2. The Balaban J connectivity index is 2.50. The van der Waals surface area contributed by atoms with Crippen molar-refractivity contribution in [3.05, 3.63) is 42.0 Å². The number of hydrogen-bond donors (Lipinski definition) is 1. The Morgan fingerprint density at radius 2 is 1.50 bits per heavy atom. The van der Waals surface area contributed by atoms with E-state index in [2.05, 4.69) is 9.46 Å². The molecule has 0 saturated carbocycles. The number of nitrogens with one attached hydrogen (secondary N) is 1. The van der Waals surface area contributed by atoms with Crippen molar-refractivity contribution in [2.45, 2.75) is 4.90 Å². The van der Waals surface area contributed by atoms with Gasteiger partial charge in [0.1, 0.15) is 4.90 Å². The average Bonchev–Trinajstić information content (AvgIpc) is 2.66. The zero-order valence-electron chi connectivity index (χ0n) is 14.7. The van der Waals surface area contributed by atoms with Gasteiger partial charge < -0.3 is 18.9 Å². The number of ether oxygens (including phenoxy) is 4. The van der Waals surface area contributed by atoms with E-state index in [9.17, 15) is 13.2 Å². The first-order valence-corrected chi connectivity index (χ1v) is 8.86. The van der Waals surface area contributed by atoms with Crippen molar-refractivity contribution in [3.8, 4) is 17.2 Å². The van der Waals surface area contributed by atoms with Crippen LogP contribution in [0.2, 0.25) is 0 Å². The summed E-state index contributed by atoms with van der Waals surface area (Å²) in [6.07, 6.45) is 0. The molecule has 26 heavy (non-hydrogen) atoms. The van der Waals surface area contributed by atoms with Crippen molar-refractivity contribution in [2.24, 2.45) is 0 Å². The number of rotatable bonds is 7. The molecule has 0 aliphatic carbocycles. The lowest BCUT2D eigenvalue weighted by molar-refractivity contribution is 0.0596. The summed E-state index contributed by atoms with van der Waals surface area (Å²) in [5, 5.41) is 0. The molecule has 0 fully saturated rings. The SMILES string of the molecule is COC(=O)c1ccccc1S(=O)(=O)Nc1cc(OC)c(OC)c(OC)c1. The van der Waals surface area contributed by atoms with Gasteiger partial charge in [-0.1, -0.05) is 12.1 Å². The Bertz CT molecular complexity index is 884. The highest BCUT2D eigenvalue weighted by Crippen LogP contribution is 2.40. The molecule has 0 unspecified atom stereocenters. The van der Waals surface area contributed by atoms with Crippen molar-refractivity contribution in [3.63, 3.8) is 0 Å². The predicted octanol–water partition coefficient (Wildman–Crippen LogP) is 2.30. The predicted molar refractivity (Wildman–Crippen MR) is 94.7 cm³/mol. The minimum Gasteiger partial charge on any atom is -0.493 e. The maximum Gasteiger partial charge on any atom is 0.339 e. The quantitative estimate of drug-likeness (QED) is 0.735. The van der Waals surface area contributed by atoms with Gasteiger partial charge in [-0.05, 0) is 12.1 Å². The number of hydrogen-bond acceptors (Lipinski definition) is 7. The van der Waals surface area contributed by atoms with E-state index < -0.39 is 16.0 Å². The summed E-state index contributed by atoms with van der Waals surface area (Å²) in [4.78, 5) is 11.6. The van der Waals surface area contributed by atoms with Gasteiger partial charge in [0.2, 0.25) is 5.75 Å². The highest BCUT2D eigenvalue weighted by Gasteiger charge is 2.24. The van der Waals surface area contributed by atoms with E-state index in [1.807, 2.05) is 0 Å². The number of anilines is 1. The van der Waals surface area contributed by atoms with Crippen LogP contribution in [0.25, 0.3) is 0 Å². The number of carbonyl (C=O) groups excluding carboxylic acids is 1. The van der Waals surface area contributed by atoms with Gasteiger partial charge >= 0.3 is 5.97 Å². The first-order valence-electron chi connectivity index (χ1n) is 7.38. The summed E-state index contributed by atoms with van der Waals surface area (Å²) >= 11 is 0. The van der Waals surface area contributed by atoms with Crippen LogP contribution in [0.1, 0.15) is 10.4 Å². The minimum absolute atomic E-state index is 0.0741. The fourth-order valence-corrected chi connectivity index (χ4v) is 3.57. The molecule has 2 rings (SSSR count). The summed E-state index contributed by atoms with van der Waals surface area (Å²) in [6.45, 7) is 0. The van der Waals surface area contributed by atoms with Gasteiger partial charge in [-0.25, -0.2) is 13.2 Å². The third kappa shape index (κ3) is 3.83. The van der Waals surface area contributed by atoms with Crippen molar-refractivity contribution < 1.29 is 32.2 Å². The zero-order chi connectivity index (χ0) is 19.3. The van der Waals surface area contributed by atoms with Crippen LogP contribution in [0.15, 0.2) is 41.3 Å². The van der Waals surface area contributed by atoms with Crippen LogP contribution in [0.5, 0.6) is 17.2 Å². The first kappa shape index (κ1) is 19.4. The van der Waals surface area contributed by atoms with Crippen molar-refractivity contribution in [2.75, 3.05) is 33.2 Å².